The van der Waals surface area contributed by atoms with Crippen LogP contribution in [0.3, 0.4) is 0 Å². The summed E-state index contributed by atoms with van der Waals surface area (Å²) in [4.78, 5) is 0. The molecule has 0 aliphatic heterocycles. The molecule has 3 fully saturated rings. The molecule has 0 unspecified atom stereocenters. The van der Waals surface area contributed by atoms with Gasteiger partial charge in [-0.2, -0.15) is 12.5 Å². The van der Waals surface area contributed by atoms with Gasteiger partial charge < -0.3 is 0 Å². The fraction of sp³-hybridized carbons (Fsp3) is 0.720. The van der Waals surface area contributed by atoms with Gasteiger partial charge in [0, 0.05) is 0 Å². The Morgan fingerprint density at radius 2 is 0.778 bits per heavy atom. The van der Waals surface area contributed by atoms with E-state index >= 15 is 0 Å². The van der Waals surface area contributed by atoms with Crippen LogP contribution in [0.15, 0.2) is 8.95 Å². The van der Waals surface area contributed by atoms with Crippen LogP contribution in [0, 0.1) is 6.92 Å². The van der Waals surface area contributed by atoms with Gasteiger partial charge in [-0.15, -0.1) is 11.1 Å². The molecule has 1 aromatic carbocycles. The van der Waals surface area contributed by atoms with E-state index in [4.69, 9.17) is 6.92 Å². The molecule has 0 radical (unpaired) electrons. The third kappa shape index (κ3) is 4.18. The lowest BCUT2D eigenvalue weighted by Crippen LogP contribution is -2.17. The summed E-state index contributed by atoms with van der Waals surface area (Å²) in [6.45, 7) is 4.72. The fourth-order valence-corrected chi connectivity index (χ4v) is 8.62. The van der Waals surface area contributed by atoms with Crippen molar-refractivity contribution in [2.24, 2.45) is 0 Å². The molecular weight excluding hydrogens is 460 g/mol. The highest BCUT2D eigenvalue weighted by Gasteiger charge is 2.27. The monoisotopic (exact) mass is 493 g/mol. The molecule has 3 saturated carbocycles. The first-order chi connectivity index (χ1) is 13.2. The van der Waals surface area contributed by atoms with E-state index in [1.54, 1.807) is 16.7 Å². The Hall–Kier alpha value is 0.0500. The molecule has 0 spiro atoms. The molecule has 0 saturated heterocycles. The van der Waals surface area contributed by atoms with Crippen LogP contribution >= 0.6 is 31.9 Å². The topological polar surface area (TPSA) is 0 Å². The highest BCUT2D eigenvalue weighted by atomic mass is 79.9. The third-order valence-corrected chi connectivity index (χ3v) is 9.35. The summed E-state index contributed by atoms with van der Waals surface area (Å²) in [5.41, 5.74) is 6.19. The minimum absolute atomic E-state index is 0.721. The largest absolute Gasteiger partial charge is 0.198 e. The van der Waals surface area contributed by atoms with Gasteiger partial charge in [0.2, 0.25) is 0 Å². The van der Waals surface area contributed by atoms with E-state index in [2.05, 4.69) is 31.9 Å². The van der Waals surface area contributed by atoms with Gasteiger partial charge in [0.1, 0.15) is 0 Å². The Kier molecular flexibility index (Phi) is 6.96. The Morgan fingerprint density at radius 3 is 1.11 bits per heavy atom. The van der Waals surface area contributed by atoms with E-state index in [1.165, 1.54) is 111 Å². The van der Waals surface area contributed by atoms with Crippen LogP contribution in [-0.4, -0.2) is 0 Å². The van der Waals surface area contributed by atoms with Crippen molar-refractivity contribution >= 4 is 31.9 Å². The smallest absolute Gasteiger partial charge is 0.0161 e. The average Bonchev–Trinajstić information content (AvgIpc) is 2.70. The van der Waals surface area contributed by atoms with Crippen LogP contribution in [-0.2, 0) is 0 Å². The van der Waals surface area contributed by atoms with E-state index in [0.717, 1.165) is 17.8 Å². The first-order valence-corrected chi connectivity index (χ1v) is 13.1. The summed E-state index contributed by atoms with van der Waals surface area (Å²) >= 11 is 8.28. The number of hydrogen-bond acceptors (Lipinski definition) is 0. The predicted octanol–water partition coefficient (Wildman–Crippen LogP) is 9.54. The van der Waals surface area contributed by atoms with Gasteiger partial charge in [-0.25, -0.2) is 0 Å². The van der Waals surface area contributed by atoms with Crippen molar-refractivity contribution in [1.82, 2.24) is 0 Å². The number of hydrogen-bond donors (Lipinski definition) is 0. The van der Waals surface area contributed by atoms with Crippen LogP contribution in [0.2, 0.25) is 0 Å². The molecule has 0 heterocycles. The zero-order valence-corrected chi connectivity index (χ0v) is 20.0. The zero-order chi connectivity index (χ0) is 18.8. The summed E-state index contributed by atoms with van der Waals surface area (Å²) in [5.74, 6) is 2.17. The van der Waals surface area contributed by atoms with Crippen LogP contribution in [0.25, 0.3) is 0 Å². The van der Waals surface area contributed by atoms with Gasteiger partial charge in [0.15, 0.2) is 0 Å². The van der Waals surface area contributed by atoms with Crippen LogP contribution in [0.4, 0.5) is 0 Å². The first-order valence-electron chi connectivity index (χ1n) is 11.5. The first kappa shape index (κ1) is 20.3. The summed E-state index contributed by atoms with van der Waals surface area (Å²) in [6.07, 6.45) is 20.8. The second kappa shape index (κ2) is 9.24. The maximum Gasteiger partial charge on any atom is -0.0161 e. The predicted molar refractivity (Wildman–Crippen MR) is 124 cm³/mol. The lowest BCUT2D eigenvalue weighted by atomic mass is 9.74. The van der Waals surface area contributed by atoms with Crippen LogP contribution in [0.5, 0.6) is 0 Å². The summed E-state index contributed by atoms with van der Waals surface area (Å²) < 4.78 is 2.86. The quantitative estimate of drug-likeness (QED) is 0.367. The molecule has 3 aliphatic carbocycles. The van der Waals surface area contributed by atoms with Crippen molar-refractivity contribution in [3.05, 3.63) is 38.1 Å². The second-order valence-electron chi connectivity index (χ2n) is 9.35. The molecular formula is C25H35Br2-. The van der Waals surface area contributed by atoms with E-state index in [9.17, 15) is 0 Å². The van der Waals surface area contributed by atoms with E-state index in [-0.39, 0.29) is 0 Å². The molecule has 0 amide bonds. The van der Waals surface area contributed by atoms with Gasteiger partial charge in [-0.3, -0.25) is 0 Å². The van der Waals surface area contributed by atoms with Crippen molar-refractivity contribution in [1.29, 1.82) is 0 Å². The standard InChI is InChI=1S/C25H35Br2/c1-17-21(18-11-5-2-6-12-18)24(26)23(20-15-9-4-10-16-20)25(27)22(17)19-13-7-3-8-14-19/h18-20H,1-16H2/q-1. The molecule has 0 atom stereocenters. The lowest BCUT2D eigenvalue weighted by Gasteiger charge is -2.40. The molecule has 0 N–H and O–H groups in total. The highest BCUT2D eigenvalue weighted by molar-refractivity contribution is 9.11. The molecule has 0 aromatic heterocycles. The summed E-state index contributed by atoms with van der Waals surface area (Å²) in [6, 6.07) is 0. The van der Waals surface area contributed by atoms with Gasteiger partial charge in [0.25, 0.3) is 0 Å². The van der Waals surface area contributed by atoms with E-state index in [1.807, 2.05) is 0 Å². The van der Waals surface area contributed by atoms with Crippen molar-refractivity contribution in [2.45, 2.75) is 114 Å². The minimum Gasteiger partial charge on any atom is -0.198 e. The Bertz CT molecular complexity index is 533. The SMILES string of the molecule is [CH2-]c1c(C2CCCCC2)c(Br)c(C2CCCCC2)c(Br)c1C1CCCCC1. The molecule has 0 bridgehead atoms. The normalized spacial score (nSPS) is 23.6. The molecule has 4 rings (SSSR count). The molecule has 2 heteroatoms. The molecule has 1 aromatic rings. The lowest BCUT2D eigenvalue weighted by molar-refractivity contribution is 0.423. The van der Waals surface area contributed by atoms with Gasteiger partial charge in [-0.1, -0.05) is 127 Å². The van der Waals surface area contributed by atoms with E-state index < -0.39 is 0 Å². The minimum atomic E-state index is 0.721. The number of benzene rings is 1. The maximum absolute atomic E-state index is 4.72. The summed E-state index contributed by atoms with van der Waals surface area (Å²) in [5, 5.41) is 0. The number of rotatable bonds is 3. The molecule has 3 aliphatic rings. The highest BCUT2D eigenvalue weighted by Crippen LogP contribution is 2.51. The van der Waals surface area contributed by atoms with Crippen molar-refractivity contribution < 1.29 is 0 Å². The zero-order valence-electron chi connectivity index (χ0n) is 16.8. The van der Waals surface area contributed by atoms with Crippen molar-refractivity contribution in [3.63, 3.8) is 0 Å². The van der Waals surface area contributed by atoms with Crippen molar-refractivity contribution in [3.8, 4) is 0 Å². The average molecular weight is 495 g/mol. The Balaban J connectivity index is 1.83. The van der Waals surface area contributed by atoms with Crippen LogP contribution in [0.1, 0.15) is 136 Å². The maximum atomic E-state index is 4.72. The Labute approximate surface area is 183 Å². The fourth-order valence-electron chi connectivity index (χ4n) is 6.18. The summed E-state index contributed by atoms with van der Waals surface area (Å²) in [7, 11) is 0. The Morgan fingerprint density at radius 1 is 0.481 bits per heavy atom. The molecule has 0 nitrogen and oxygen atoms in total. The van der Waals surface area contributed by atoms with Gasteiger partial charge in [-0.05, 0) is 33.3 Å². The van der Waals surface area contributed by atoms with E-state index in [0.29, 0.717) is 0 Å². The van der Waals surface area contributed by atoms with Crippen LogP contribution < -0.4 is 0 Å². The number of halogens is 2. The van der Waals surface area contributed by atoms with Crippen molar-refractivity contribution in [2.75, 3.05) is 0 Å². The molecule has 27 heavy (non-hydrogen) atoms. The van der Waals surface area contributed by atoms with Gasteiger partial charge >= 0.3 is 0 Å². The van der Waals surface area contributed by atoms with Gasteiger partial charge in [0.05, 0.1) is 0 Å². The third-order valence-electron chi connectivity index (χ3n) is 7.64. The second-order valence-corrected chi connectivity index (χ2v) is 10.9. The molecule has 150 valence electrons.